The van der Waals surface area contributed by atoms with E-state index < -0.39 is 11.7 Å². The first-order chi connectivity index (χ1) is 13.3. The second-order valence-corrected chi connectivity index (χ2v) is 6.29. The van der Waals surface area contributed by atoms with Crippen LogP contribution in [0.1, 0.15) is 30.9 Å². The van der Waals surface area contributed by atoms with Gasteiger partial charge in [0.1, 0.15) is 0 Å². The third-order valence-electron chi connectivity index (χ3n) is 4.38. The Bertz CT molecular complexity index is 758. The smallest absolute Gasteiger partial charge is 0.416 e. The first kappa shape index (κ1) is 21.6. The van der Waals surface area contributed by atoms with E-state index in [0.717, 1.165) is 12.1 Å². The number of benzene rings is 1. The molecule has 1 aliphatic heterocycles. The van der Waals surface area contributed by atoms with Gasteiger partial charge in [-0.3, -0.25) is 9.79 Å². The number of piperidine rings is 1. The number of guanidine groups is 1. The van der Waals surface area contributed by atoms with Crippen LogP contribution in [0.15, 0.2) is 29.3 Å². The van der Waals surface area contributed by atoms with Crippen LogP contribution in [0.5, 0.6) is 0 Å². The first-order valence-electron chi connectivity index (χ1n) is 9.13. The van der Waals surface area contributed by atoms with E-state index in [0.29, 0.717) is 44.1 Å². The fraction of sp³-hybridized carbons (Fsp3) is 0.500. The topological polar surface area (TPSA) is 53.9 Å². The van der Waals surface area contributed by atoms with Crippen molar-refractivity contribution in [2.45, 2.75) is 25.9 Å². The number of rotatable bonds is 3. The molecule has 1 heterocycles. The molecule has 0 radical (unpaired) electrons. The van der Waals surface area contributed by atoms with E-state index in [1.54, 1.807) is 14.0 Å². The van der Waals surface area contributed by atoms with Gasteiger partial charge in [-0.25, -0.2) is 0 Å². The summed E-state index contributed by atoms with van der Waals surface area (Å²) in [4.78, 5) is 18.0. The van der Waals surface area contributed by atoms with Gasteiger partial charge >= 0.3 is 12.1 Å². The lowest BCUT2D eigenvalue weighted by molar-refractivity contribution is -0.149. The minimum Gasteiger partial charge on any atom is -0.466 e. The van der Waals surface area contributed by atoms with Crippen LogP contribution in [0.4, 0.5) is 13.2 Å². The van der Waals surface area contributed by atoms with Crippen molar-refractivity contribution in [1.29, 1.82) is 0 Å². The molecule has 8 heteroatoms. The molecule has 0 unspecified atom stereocenters. The van der Waals surface area contributed by atoms with E-state index in [1.165, 1.54) is 12.1 Å². The van der Waals surface area contributed by atoms with Gasteiger partial charge in [-0.1, -0.05) is 17.9 Å². The zero-order chi connectivity index (χ0) is 20.6. The molecule has 1 aliphatic rings. The number of nitrogens with zero attached hydrogens (tertiary/aromatic N) is 2. The first-order valence-corrected chi connectivity index (χ1v) is 9.13. The zero-order valence-electron chi connectivity index (χ0n) is 16.0. The number of carbonyl (C=O) groups is 1. The van der Waals surface area contributed by atoms with Crippen molar-refractivity contribution in [3.05, 3.63) is 35.4 Å². The number of esters is 1. The summed E-state index contributed by atoms with van der Waals surface area (Å²) in [6.07, 6.45) is -3.00. The van der Waals surface area contributed by atoms with Crippen LogP contribution in [0.25, 0.3) is 0 Å². The Balaban J connectivity index is 1.86. The molecule has 1 fully saturated rings. The molecule has 28 heavy (non-hydrogen) atoms. The second-order valence-electron chi connectivity index (χ2n) is 6.29. The molecular weight excluding hydrogens is 371 g/mol. The predicted octanol–water partition coefficient (Wildman–Crippen LogP) is 2.91. The van der Waals surface area contributed by atoms with Crippen LogP contribution >= 0.6 is 0 Å². The van der Waals surface area contributed by atoms with Gasteiger partial charge in [-0.15, -0.1) is 0 Å². The molecule has 5 nitrogen and oxygen atoms in total. The highest BCUT2D eigenvalue weighted by atomic mass is 19.4. The Kier molecular flexibility index (Phi) is 7.73. The number of likely N-dealkylation sites (tertiary alicyclic amines) is 1. The van der Waals surface area contributed by atoms with Crippen LogP contribution < -0.4 is 5.32 Å². The van der Waals surface area contributed by atoms with Gasteiger partial charge in [0, 0.05) is 25.7 Å². The van der Waals surface area contributed by atoms with Crippen LogP contribution in [0, 0.1) is 17.8 Å². The SMILES string of the molecule is CCOC(=O)C1CCN(C(=NC)NCC#Cc2cccc(C(F)(F)F)c2)CC1. The van der Waals surface area contributed by atoms with Crippen LogP contribution in [-0.4, -0.2) is 50.1 Å². The van der Waals surface area contributed by atoms with Crippen LogP contribution in [0.2, 0.25) is 0 Å². The summed E-state index contributed by atoms with van der Waals surface area (Å²) in [6, 6.07) is 4.93. The summed E-state index contributed by atoms with van der Waals surface area (Å²) in [5.74, 6) is 5.96. The Morgan fingerprint density at radius 1 is 1.36 bits per heavy atom. The number of ether oxygens (including phenoxy) is 1. The van der Waals surface area contributed by atoms with Gasteiger partial charge in [0.25, 0.3) is 0 Å². The summed E-state index contributed by atoms with van der Waals surface area (Å²) in [5.41, 5.74) is -0.408. The fourth-order valence-electron chi connectivity index (χ4n) is 2.96. The molecule has 0 aliphatic carbocycles. The highest BCUT2D eigenvalue weighted by Gasteiger charge is 2.30. The molecular formula is C20H24F3N3O2. The van der Waals surface area contributed by atoms with E-state index in [1.807, 2.05) is 4.90 Å². The van der Waals surface area contributed by atoms with Crippen molar-refractivity contribution in [3.63, 3.8) is 0 Å². The highest BCUT2D eigenvalue weighted by molar-refractivity contribution is 5.80. The number of halogens is 3. The number of aliphatic imine (C=N–C) groups is 1. The summed E-state index contributed by atoms with van der Waals surface area (Å²) in [5, 5.41) is 3.09. The summed E-state index contributed by atoms with van der Waals surface area (Å²) >= 11 is 0. The summed E-state index contributed by atoms with van der Waals surface area (Å²) in [7, 11) is 1.65. The molecule has 1 N–H and O–H groups in total. The van der Waals surface area contributed by atoms with Crippen molar-refractivity contribution in [2.75, 3.05) is 33.3 Å². The lowest BCUT2D eigenvalue weighted by Crippen LogP contribution is -2.46. The molecule has 0 amide bonds. The van der Waals surface area contributed by atoms with Crippen molar-refractivity contribution in [2.24, 2.45) is 10.9 Å². The average Bonchev–Trinajstić information content (AvgIpc) is 2.68. The lowest BCUT2D eigenvalue weighted by Gasteiger charge is -2.33. The molecule has 152 valence electrons. The molecule has 0 spiro atoms. The number of hydrogen-bond donors (Lipinski definition) is 1. The van der Waals surface area contributed by atoms with Crippen molar-refractivity contribution < 1.29 is 22.7 Å². The number of alkyl halides is 3. The van der Waals surface area contributed by atoms with Gasteiger partial charge in [-0.05, 0) is 38.0 Å². The third-order valence-corrected chi connectivity index (χ3v) is 4.38. The highest BCUT2D eigenvalue weighted by Crippen LogP contribution is 2.29. The fourth-order valence-corrected chi connectivity index (χ4v) is 2.96. The largest absolute Gasteiger partial charge is 0.466 e. The molecule has 0 bridgehead atoms. The van der Waals surface area contributed by atoms with Gasteiger partial charge in [-0.2, -0.15) is 13.2 Å². The van der Waals surface area contributed by atoms with Crippen molar-refractivity contribution in [1.82, 2.24) is 10.2 Å². The monoisotopic (exact) mass is 395 g/mol. The molecule has 0 atom stereocenters. The third kappa shape index (κ3) is 6.19. The van der Waals surface area contributed by atoms with E-state index in [9.17, 15) is 18.0 Å². The Morgan fingerprint density at radius 3 is 2.68 bits per heavy atom. The maximum absolute atomic E-state index is 12.7. The minimum absolute atomic E-state index is 0.0880. The molecule has 0 aromatic heterocycles. The van der Waals surface area contributed by atoms with Gasteiger partial charge < -0.3 is 15.0 Å². The molecule has 1 saturated heterocycles. The standard InChI is InChI=1S/C20H24F3N3O2/c1-3-28-18(27)16-9-12-26(13-10-16)19(24-2)25-11-5-7-15-6-4-8-17(14-15)20(21,22)23/h4,6,8,14,16H,3,9-13H2,1-2H3,(H,24,25). The van der Waals surface area contributed by atoms with Crippen LogP contribution in [0.3, 0.4) is 0 Å². The predicted molar refractivity (Wildman–Crippen MR) is 101 cm³/mol. The normalized spacial score (nSPS) is 15.6. The number of carbonyl (C=O) groups excluding carboxylic acids is 1. The second kappa shape index (κ2) is 10.0. The molecule has 0 saturated carbocycles. The summed E-state index contributed by atoms with van der Waals surface area (Å²) in [6.45, 7) is 3.77. The van der Waals surface area contributed by atoms with E-state index in [-0.39, 0.29) is 18.4 Å². The zero-order valence-corrected chi connectivity index (χ0v) is 16.0. The average molecular weight is 395 g/mol. The Labute approximate surface area is 163 Å². The molecule has 1 aromatic rings. The van der Waals surface area contributed by atoms with Crippen molar-refractivity contribution >= 4 is 11.9 Å². The molecule has 1 aromatic carbocycles. The van der Waals surface area contributed by atoms with Crippen LogP contribution in [-0.2, 0) is 15.7 Å². The van der Waals surface area contributed by atoms with Crippen molar-refractivity contribution in [3.8, 4) is 11.8 Å². The molecule has 2 rings (SSSR count). The van der Waals surface area contributed by atoms with Gasteiger partial charge in [0.15, 0.2) is 5.96 Å². The van der Waals surface area contributed by atoms with E-state index >= 15 is 0 Å². The lowest BCUT2D eigenvalue weighted by atomic mass is 9.97. The quantitative estimate of drug-likeness (QED) is 0.370. The maximum atomic E-state index is 12.7. The number of hydrogen-bond acceptors (Lipinski definition) is 3. The number of nitrogens with one attached hydrogen (secondary N) is 1. The van der Waals surface area contributed by atoms with E-state index in [4.69, 9.17) is 4.74 Å². The minimum atomic E-state index is -4.38. The van der Waals surface area contributed by atoms with E-state index in [2.05, 4.69) is 22.2 Å². The summed E-state index contributed by atoms with van der Waals surface area (Å²) < 4.78 is 43.2. The van der Waals surface area contributed by atoms with Gasteiger partial charge in [0.2, 0.25) is 0 Å². The Morgan fingerprint density at radius 2 is 2.07 bits per heavy atom. The maximum Gasteiger partial charge on any atom is 0.416 e. The van der Waals surface area contributed by atoms with Gasteiger partial charge in [0.05, 0.1) is 24.6 Å². The Hall–Kier alpha value is -2.69.